The molecule has 2 aromatic rings. The predicted molar refractivity (Wildman–Crippen MR) is 73.6 cm³/mol. The van der Waals surface area contributed by atoms with Crippen LogP contribution in [0.2, 0.25) is 0 Å². The molecule has 3 N–H and O–H groups in total. The van der Waals surface area contributed by atoms with Crippen LogP contribution in [0.25, 0.3) is 0 Å². The fraction of sp³-hybridized carbons (Fsp3) is 0.286. The summed E-state index contributed by atoms with van der Waals surface area (Å²) in [7, 11) is 1.78. The highest BCUT2D eigenvalue weighted by Gasteiger charge is 2.06. The maximum Gasteiger partial charge on any atom is 0.254 e. The van der Waals surface area contributed by atoms with E-state index in [-0.39, 0.29) is 5.91 Å². The number of aryl methyl sites for hydroxylation is 1. The lowest BCUT2D eigenvalue weighted by molar-refractivity contribution is 0.0951. The number of nitrogens with zero attached hydrogens (tertiary/aromatic N) is 2. The zero-order valence-electron chi connectivity index (χ0n) is 11.0. The summed E-state index contributed by atoms with van der Waals surface area (Å²) in [5, 5.41) is 6.83. The van der Waals surface area contributed by atoms with Gasteiger partial charge in [0, 0.05) is 19.8 Å². The molecule has 1 amide bonds. The molecule has 100 valence electrons. The molecule has 5 nitrogen and oxygen atoms in total. The molecule has 0 saturated carbocycles. The quantitative estimate of drug-likeness (QED) is 0.835. The van der Waals surface area contributed by atoms with E-state index in [1.165, 1.54) is 5.56 Å². The number of hydrogen-bond donors (Lipinski definition) is 2. The maximum atomic E-state index is 11.8. The topological polar surface area (TPSA) is 72.9 Å². The number of rotatable bonds is 5. The summed E-state index contributed by atoms with van der Waals surface area (Å²) in [5.41, 5.74) is 8.35. The number of hydrogen-bond acceptors (Lipinski definition) is 3. The smallest absolute Gasteiger partial charge is 0.254 e. The molecule has 0 aliphatic heterocycles. The van der Waals surface area contributed by atoms with E-state index < -0.39 is 0 Å². The first kappa shape index (κ1) is 13.3. The van der Waals surface area contributed by atoms with Crippen LogP contribution in [0, 0.1) is 0 Å². The Bertz CT molecular complexity index is 545. The molecule has 0 fully saturated rings. The van der Waals surface area contributed by atoms with Crippen LogP contribution in [0.5, 0.6) is 0 Å². The zero-order valence-corrected chi connectivity index (χ0v) is 11.0. The van der Waals surface area contributed by atoms with Gasteiger partial charge in [0.1, 0.15) is 0 Å². The molecular weight excluding hydrogens is 240 g/mol. The molecule has 0 unspecified atom stereocenters. The first-order valence-corrected chi connectivity index (χ1v) is 6.24. The molecule has 0 atom stereocenters. The van der Waals surface area contributed by atoms with Gasteiger partial charge in [0.25, 0.3) is 5.91 Å². The Kier molecular flexibility index (Phi) is 4.30. The molecule has 1 heterocycles. The van der Waals surface area contributed by atoms with Crippen molar-refractivity contribution in [3.8, 4) is 0 Å². The van der Waals surface area contributed by atoms with Gasteiger partial charge in [-0.1, -0.05) is 24.3 Å². The molecule has 1 aromatic heterocycles. The Morgan fingerprint density at radius 1 is 1.32 bits per heavy atom. The van der Waals surface area contributed by atoms with Crippen LogP contribution in [-0.2, 0) is 20.0 Å². The van der Waals surface area contributed by atoms with Gasteiger partial charge in [-0.3, -0.25) is 9.48 Å². The lowest BCUT2D eigenvalue weighted by Gasteiger charge is -2.05. The van der Waals surface area contributed by atoms with E-state index in [1.807, 2.05) is 24.3 Å². The Hall–Kier alpha value is -2.14. The van der Waals surface area contributed by atoms with Crippen LogP contribution >= 0.6 is 0 Å². The minimum Gasteiger partial charge on any atom is -0.348 e. The molecule has 5 heteroatoms. The van der Waals surface area contributed by atoms with E-state index in [1.54, 1.807) is 24.1 Å². The average molecular weight is 258 g/mol. The summed E-state index contributed by atoms with van der Waals surface area (Å²) in [4.78, 5) is 11.8. The van der Waals surface area contributed by atoms with Crippen molar-refractivity contribution in [3.63, 3.8) is 0 Å². The second kappa shape index (κ2) is 6.15. The number of carbonyl (C=O) groups is 1. The van der Waals surface area contributed by atoms with Crippen molar-refractivity contribution in [3.05, 3.63) is 53.3 Å². The summed E-state index contributed by atoms with van der Waals surface area (Å²) >= 11 is 0. The number of amides is 1. The number of nitrogens with one attached hydrogen (secondary N) is 1. The molecule has 0 spiro atoms. The fourth-order valence-electron chi connectivity index (χ4n) is 1.81. The highest BCUT2D eigenvalue weighted by molar-refractivity contribution is 5.93. The van der Waals surface area contributed by atoms with Gasteiger partial charge in [-0.15, -0.1) is 0 Å². The van der Waals surface area contributed by atoms with Crippen molar-refractivity contribution in [2.45, 2.75) is 13.0 Å². The molecule has 0 radical (unpaired) electrons. The molecular formula is C14H18N4O. The van der Waals surface area contributed by atoms with Crippen LogP contribution < -0.4 is 11.1 Å². The zero-order chi connectivity index (χ0) is 13.7. The SMILES string of the molecule is Cn1cc(C(=O)NCc2ccc(CCN)cc2)cn1. The largest absolute Gasteiger partial charge is 0.348 e. The summed E-state index contributed by atoms with van der Waals surface area (Å²) in [6.45, 7) is 1.16. The third-order valence-corrected chi connectivity index (χ3v) is 2.88. The van der Waals surface area contributed by atoms with Gasteiger partial charge in [-0.2, -0.15) is 5.10 Å². The first-order chi connectivity index (χ1) is 9.19. The average Bonchev–Trinajstić information content (AvgIpc) is 2.85. The second-order valence-corrected chi connectivity index (χ2v) is 4.44. The van der Waals surface area contributed by atoms with Crippen LogP contribution in [0.15, 0.2) is 36.7 Å². The van der Waals surface area contributed by atoms with E-state index >= 15 is 0 Å². The first-order valence-electron chi connectivity index (χ1n) is 6.24. The summed E-state index contributed by atoms with van der Waals surface area (Å²) in [6.07, 6.45) is 4.13. The Balaban J connectivity index is 1.89. The third kappa shape index (κ3) is 3.66. The predicted octanol–water partition coefficient (Wildman–Crippen LogP) is 0.851. The number of aromatic nitrogens is 2. The summed E-state index contributed by atoms with van der Waals surface area (Å²) in [5.74, 6) is -0.112. The highest BCUT2D eigenvalue weighted by Crippen LogP contribution is 2.05. The Labute approximate surface area is 112 Å². The second-order valence-electron chi connectivity index (χ2n) is 4.44. The van der Waals surface area contributed by atoms with Crippen molar-refractivity contribution in [1.82, 2.24) is 15.1 Å². The van der Waals surface area contributed by atoms with Gasteiger partial charge in [-0.05, 0) is 24.1 Å². The van der Waals surface area contributed by atoms with Crippen LogP contribution in [0.1, 0.15) is 21.5 Å². The monoisotopic (exact) mass is 258 g/mol. The Morgan fingerprint density at radius 2 is 2.00 bits per heavy atom. The number of nitrogens with two attached hydrogens (primary N) is 1. The molecule has 0 bridgehead atoms. The van der Waals surface area contributed by atoms with Crippen molar-refractivity contribution < 1.29 is 4.79 Å². The molecule has 0 aliphatic rings. The van der Waals surface area contributed by atoms with Gasteiger partial charge >= 0.3 is 0 Å². The third-order valence-electron chi connectivity index (χ3n) is 2.88. The van der Waals surface area contributed by atoms with Crippen molar-refractivity contribution >= 4 is 5.91 Å². The minimum atomic E-state index is -0.112. The fourth-order valence-corrected chi connectivity index (χ4v) is 1.81. The molecule has 19 heavy (non-hydrogen) atoms. The van der Waals surface area contributed by atoms with Crippen molar-refractivity contribution in [2.24, 2.45) is 12.8 Å². The normalized spacial score (nSPS) is 10.4. The standard InChI is InChI=1S/C14H18N4O/c1-18-10-13(9-17-18)14(19)16-8-12-4-2-11(3-5-12)6-7-15/h2-5,9-10H,6-8,15H2,1H3,(H,16,19). The van der Waals surface area contributed by atoms with E-state index in [0.717, 1.165) is 12.0 Å². The maximum absolute atomic E-state index is 11.8. The van der Waals surface area contributed by atoms with Gasteiger partial charge in [0.15, 0.2) is 0 Å². The lowest BCUT2D eigenvalue weighted by Crippen LogP contribution is -2.22. The number of carbonyl (C=O) groups excluding carboxylic acids is 1. The Morgan fingerprint density at radius 3 is 2.58 bits per heavy atom. The van der Waals surface area contributed by atoms with Gasteiger partial charge < -0.3 is 11.1 Å². The molecule has 0 aliphatic carbocycles. The molecule has 2 rings (SSSR count). The van der Waals surface area contributed by atoms with Crippen molar-refractivity contribution in [1.29, 1.82) is 0 Å². The van der Waals surface area contributed by atoms with Crippen molar-refractivity contribution in [2.75, 3.05) is 6.54 Å². The van der Waals surface area contributed by atoms with Crippen LogP contribution in [-0.4, -0.2) is 22.2 Å². The van der Waals surface area contributed by atoms with Crippen LogP contribution in [0.4, 0.5) is 0 Å². The van der Waals surface area contributed by atoms with Gasteiger partial charge in [-0.25, -0.2) is 0 Å². The minimum absolute atomic E-state index is 0.112. The van der Waals surface area contributed by atoms with E-state index in [0.29, 0.717) is 18.7 Å². The lowest BCUT2D eigenvalue weighted by atomic mass is 10.1. The summed E-state index contributed by atoms with van der Waals surface area (Å²) in [6, 6.07) is 8.10. The van der Waals surface area contributed by atoms with Gasteiger partial charge in [0.05, 0.1) is 11.8 Å². The van der Waals surface area contributed by atoms with E-state index in [9.17, 15) is 4.79 Å². The molecule has 0 saturated heterocycles. The van der Waals surface area contributed by atoms with Crippen LogP contribution in [0.3, 0.4) is 0 Å². The van der Waals surface area contributed by atoms with E-state index in [4.69, 9.17) is 5.73 Å². The number of benzene rings is 1. The van der Waals surface area contributed by atoms with Gasteiger partial charge in [0.2, 0.25) is 0 Å². The van der Waals surface area contributed by atoms with E-state index in [2.05, 4.69) is 10.4 Å². The summed E-state index contributed by atoms with van der Waals surface area (Å²) < 4.78 is 1.61. The highest BCUT2D eigenvalue weighted by atomic mass is 16.1. The molecule has 1 aromatic carbocycles.